The second-order valence-corrected chi connectivity index (χ2v) is 4.15. The molecule has 0 radical (unpaired) electrons. The van der Waals surface area contributed by atoms with Gasteiger partial charge in [-0.2, -0.15) is 0 Å². The lowest BCUT2D eigenvalue weighted by Gasteiger charge is -2.16. The fourth-order valence-electron chi connectivity index (χ4n) is 2.07. The third kappa shape index (κ3) is 1.95. The van der Waals surface area contributed by atoms with Crippen molar-refractivity contribution in [3.63, 3.8) is 0 Å². The van der Waals surface area contributed by atoms with Crippen molar-refractivity contribution in [3.8, 4) is 0 Å². The fourth-order valence-corrected chi connectivity index (χ4v) is 2.07. The van der Waals surface area contributed by atoms with Crippen LogP contribution in [0.15, 0.2) is 24.3 Å². The predicted molar refractivity (Wildman–Crippen MR) is 67.6 cm³/mol. The molecule has 0 aliphatic heterocycles. The molecule has 0 saturated carbocycles. The van der Waals surface area contributed by atoms with Crippen LogP contribution < -0.4 is 5.32 Å². The molecule has 0 fully saturated rings. The number of fused-ring (bicyclic) bond motifs is 1. The van der Waals surface area contributed by atoms with E-state index in [1.165, 1.54) is 5.52 Å². The molecule has 1 aromatic heterocycles. The smallest absolute Gasteiger partial charge is 0.106 e. The van der Waals surface area contributed by atoms with E-state index in [1.807, 2.05) is 13.1 Å². The summed E-state index contributed by atoms with van der Waals surface area (Å²) in [5.74, 6) is 1.09. The number of aromatic nitrogens is 2. The van der Waals surface area contributed by atoms with Gasteiger partial charge in [-0.05, 0) is 32.5 Å². The topological polar surface area (TPSA) is 29.9 Å². The van der Waals surface area contributed by atoms with Gasteiger partial charge in [0.15, 0.2) is 0 Å². The van der Waals surface area contributed by atoms with E-state index in [9.17, 15) is 0 Å². The lowest BCUT2D eigenvalue weighted by atomic mass is 10.2. The summed E-state index contributed by atoms with van der Waals surface area (Å²) in [4.78, 5) is 4.57. The molecule has 1 aromatic carbocycles. The Morgan fingerprint density at radius 1 is 1.38 bits per heavy atom. The van der Waals surface area contributed by atoms with Crippen molar-refractivity contribution >= 4 is 11.0 Å². The molecule has 2 rings (SSSR count). The minimum Gasteiger partial charge on any atom is -0.327 e. The second-order valence-electron chi connectivity index (χ2n) is 4.15. The summed E-state index contributed by atoms with van der Waals surface area (Å²) in [6, 6.07) is 8.82. The highest BCUT2D eigenvalue weighted by Crippen LogP contribution is 2.16. The molecule has 0 aliphatic rings. The summed E-state index contributed by atoms with van der Waals surface area (Å²) in [6.45, 7) is 5.26. The van der Waals surface area contributed by atoms with Crippen molar-refractivity contribution in [1.29, 1.82) is 0 Å². The molecular formula is C13H19N3. The Balaban J connectivity index is 2.39. The molecule has 0 saturated heterocycles. The molecule has 86 valence electrons. The number of para-hydroxylation sites is 2. The number of hydrogen-bond donors (Lipinski definition) is 1. The third-order valence-corrected chi connectivity index (χ3v) is 3.15. The van der Waals surface area contributed by atoms with Crippen LogP contribution in [0.25, 0.3) is 11.0 Å². The summed E-state index contributed by atoms with van der Waals surface area (Å²) in [5, 5.41) is 3.33. The minimum absolute atomic E-state index is 0.510. The Morgan fingerprint density at radius 3 is 2.81 bits per heavy atom. The van der Waals surface area contributed by atoms with Crippen molar-refractivity contribution in [2.75, 3.05) is 7.05 Å². The van der Waals surface area contributed by atoms with E-state index in [2.05, 4.69) is 46.9 Å². The van der Waals surface area contributed by atoms with Crippen LogP contribution in [0.3, 0.4) is 0 Å². The van der Waals surface area contributed by atoms with E-state index in [-0.39, 0.29) is 0 Å². The first kappa shape index (κ1) is 11.1. The van der Waals surface area contributed by atoms with Crippen molar-refractivity contribution in [2.45, 2.75) is 32.9 Å². The predicted octanol–water partition coefficient (Wildman–Crippen LogP) is 2.34. The first-order chi connectivity index (χ1) is 7.76. The highest BCUT2D eigenvalue weighted by Gasteiger charge is 2.10. The molecule has 2 aromatic rings. The van der Waals surface area contributed by atoms with Crippen molar-refractivity contribution in [1.82, 2.24) is 14.9 Å². The van der Waals surface area contributed by atoms with Gasteiger partial charge in [0, 0.05) is 12.6 Å². The van der Waals surface area contributed by atoms with Crippen LogP contribution in [-0.4, -0.2) is 22.6 Å². The van der Waals surface area contributed by atoms with Gasteiger partial charge < -0.3 is 9.88 Å². The summed E-state index contributed by atoms with van der Waals surface area (Å²) >= 11 is 0. The number of hydrogen-bond acceptors (Lipinski definition) is 2. The maximum atomic E-state index is 4.57. The number of nitrogens with zero attached hydrogens (tertiary/aromatic N) is 2. The highest BCUT2D eigenvalue weighted by molar-refractivity contribution is 5.75. The summed E-state index contributed by atoms with van der Waals surface area (Å²) in [6.07, 6.45) is 1.13. The molecule has 0 amide bonds. The van der Waals surface area contributed by atoms with Crippen molar-refractivity contribution in [3.05, 3.63) is 30.1 Å². The minimum atomic E-state index is 0.510. The van der Waals surface area contributed by atoms with E-state index in [1.54, 1.807) is 0 Å². The number of aryl methyl sites for hydroxylation is 1. The number of rotatable bonds is 4. The van der Waals surface area contributed by atoms with Crippen LogP contribution in [0.2, 0.25) is 0 Å². The Morgan fingerprint density at radius 2 is 2.12 bits per heavy atom. The Kier molecular flexibility index (Phi) is 3.25. The summed E-state index contributed by atoms with van der Waals surface area (Å²) in [5.41, 5.74) is 2.32. The molecule has 1 atom stereocenters. The lowest BCUT2D eigenvalue weighted by molar-refractivity contribution is 0.470. The van der Waals surface area contributed by atoms with Crippen LogP contribution in [0.4, 0.5) is 0 Å². The Hall–Kier alpha value is -1.35. The lowest BCUT2D eigenvalue weighted by Crippen LogP contribution is -2.29. The number of likely N-dealkylation sites (N-methyl/N-ethyl adjacent to an activating group) is 1. The van der Waals surface area contributed by atoms with Gasteiger partial charge in [-0.1, -0.05) is 19.1 Å². The Labute approximate surface area is 96.5 Å². The number of imidazole rings is 1. The molecule has 3 nitrogen and oxygen atoms in total. The van der Waals surface area contributed by atoms with E-state index < -0.39 is 0 Å². The monoisotopic (exact) mass is 217 g/mol. The van der Waals surface area contributed by atoms with Gasteiger partial charge in [0.1, 0.15) is 5.82 Å². The number of nitrogens with one attached hydrogen (secondary N) is 1. The van der Waals surface area contributed by atoms with Crippen LogP contribution >= 0.6 is 0 Å². The van der Waals surface area contributed by atoms with Crippen LogP contribution in [0, 0.1) is 6.92 Å². The van der Waals surface area contributed by atoms with Crippen LogP contribution in [0.1, 0.15) is 19.2 Å². The maximum absolute atomic E-state index is 4.57. The van der Waals surface area contributed by atoms with Crippen LogP contribution in [0.5, 0.6) is 0 Å². The molecule has 0 spiro atoms. The molecule has 1 N–H and O–H groups in total. The van der Waals surface area contributed by atoms with Gasteiger partial charge in [0.05, 0.1) is 11.0 Å². The first-order valence-corrected chi connectivity index (χ1v) is 5.85. The molecule has 0 bridgehead atoms. The molecule has 1 unspecified atom stereocenters. The largest absolute Gasteiger partial charge is 0.327 e. The van der Waals surface area contributed by atoms with Gasteiger partial charge in [0.25, 0.3) is 0 Å². The van der Waals surface area contributed by atoms with Gasteiger partial charge in [-0.25, -0.2) is 4.98 Å². The zero-order chi connectivity index (χ0) is 11.5. The van der Waals surface area contributed by atoms with Crippen molar-refractivity contribution < 1.29 is 0 Å². The zero-order valence-corrected chi connectivity index (χ0v) is 10.2. The van der Waals surface area contributed by atoms with E-state index in [4.69, 9.17) is 0 Å². The molecule has 1 heterocycles. The van der Waals surface area contributed by atoms with Gasteiger partial charge in [-0.3, -0.25) is 0 Å². The molecule has 16 heavy (non-hydrogen) atoms. The molecular weight excluding hydrogens is 198 g/mol. The molecule has 3 heteroatoms. The molecule has 0 aliphatic carbocycles. The number of benzene rings is 1. The standard InChI is InChI=1S/C13H19N3/c1-4-11(14-3)9-16-10(2)15-12-7-5-6-8-13(12)16/h5-8,11,14H,4,9H2,1-3H3. The second kappa shape index (κ2) is 4.66. The first-order valence-electron chi connectivity index (χ1n) is 5.85. The fraction of sp³-hybridized carbons (Fsp3) is 0.462. The Bertz CT molecular complexity index is 469. The quantitative estimate of drug-likeness (QED) is 0.852. The van der Waals surface area contributed by atoms with Crippen molar-refractivity contribution in [2.24, 2.45) is 0 Å². The zero-order valence-electron chi connectivity index (χ0n) is 10.2. The normalized spacial score (nSPS) is 13.2. The van der Waals surface area contributed by atoms with Gasteiger partial charge in [0.2, 0.25) is 0 Å². The van der Waals surface area contributed by atoms with E-state index in [0.29, 0.717) is 6.04 Å². The average molecular weight is 217 g/mol. The third-order valence-electron chi connectivity index (χ3n) is 3.15. The van der Waals surface area contributed by atoms with E-state index in [0.717, 1.165) is 24.3 Å². The summed E-state index contributed by atoms with van der Waals surface area (Å²) in [7, 11) is 2.02. The maximum Gasteiger partial charge on any atom is 0.106 e. The van der Waals surface area contributed by atoms with Gasteiger partial charge in [-0.15, -0.1) is 0 Å². The van der Waals surface area contributed by atoms with E-state index >= 15 is 0 Å². The van der Waals surface area contributed by atoms with Gasteiger partial charge >= 0.3 is 0 Å². The SMILES string of the molecule is CCC(Cn1c(C)nc2ccccc21)NC. The average Bonchev–Trinajstić information content (AvgIpc) is 2.62. The summed E-state index contributed by atoms with van der Waals surface area (Å²) < 4.78 is 2.29. The van der Waals surface area contributed by atoms with Crippen LogP contribution in [-0.2, 0) is 6.54 Å². The highest BCUT2D eigenvalue weighted by atomic mass is 15.1.